The van der Waals surface area contributed by atoms with Crippen LogP contribution in [0.4, 0.5) is 5.00 Å². The number of aromatic amines is 1. The molecule has 0 fully saturated rings. The van der Waals surface area contributed by atoms with Crippen molar-refractivity contribution in [1.29, 1.82) is 0 Å². The maximum atomic E-state index is 6.04. The van der Waals surface area contributed by atoms with E-state index < -0.39 is 0 Å². The molecule has 5 heteroatoms. The molecule has 0 aliphatic carbocycles. The Kier molecular flexibility index (Phi) is 2.16. The van der Waals surface area contributed by atoms with Crippen molar-refractivity contribution in [3.05, 3.63) is 28.9 Å². The first-order chi connectivity index (χ1) is 8.16. The van der Waals surface area contributed by atoms with E-state index in [-0.39, 0.29) is 0 Å². The lowest BCUT2D eigenvalue weighted by molar-refractivity contribution is 1.31. The molecule has 17 heavy (non-hydrogen) atoms. The summed E-state index contributed by atoms with van der Waals surface area (Å²) in [7, 11) is 0. The van der Waals surface area contributed by atoms with Crippen LogP contribution in [0.5, 0.6) is 0 Å². The highest BCUT2D eigenvalue weighted by molar-refractivity contribution is 7.16. The van der Waals surface area contributed by atoms with E-state index in [0.717, 1.165) is 27.4 Å². The van der Waals surface area contributed by atoms with E-state index in [1.807, 2.05) is 6.07 Å². The van der Waals surface area contributed by atoms with Gasteiger partial charge in [0.2, 0.25) is 0 Å². The maximum absolute atomic E-state index is 6.04. The van der Waals surface area contributed by atoms with E-state index in [2.05, 4.69) is 28.8 Å². The fourth-order valence-electron chi connectivity index (χ4n) is 1.92. The summed E-state index contributed by atoms with van der Waals surface area (Å²) >= 11 is 1.60. The van der Waals surface area contributed by atoms with Crippen LogP contribution in [-0.4, -0.2) is 15.0 Å². The van der Waals surface area contributed by atoms with Crippen molar-refractivity contribution < 1.29 is 0 Å². The minimum atomic E-state index is 0.812. The monoisotopic (exact) mass is 244 g/mol. The van der Waals surface area contributed by atoms with Crippen molar-refractivity contribution in [2.45, 2.75) is 13.8 Å². The summed E-state index contributed by atoms with van der Waals surface area (Å²) in [5.41, 5.74) is 10.1. The lowest BCUT2D eigenvalue weighted by atomic mass is 10.1. The van der Waals surface area contributed by atoms with Crippen LogP contribution in [0.25, 0.3) is 22.4 Å². The lowest BCUT2D eigenvalue weighted by Crippen LogP contribution is -1.87. The lowest BCUT2D eigenvalue weighted by Gasteiger charge is -1.97. The van der Waals surface area contributed by atoms with Crippen molar-refractivity contribution in [3.8, 4) is 11.4 Å². The molecule has 86 valence electrons. The molecule has 0 bridgehead atoms. The van der Waals surface area contributed by atoms with Gasteiger partial charge in [-0.2, -0.15) is 0 Å². The molecule has 0 aliphatic rings. The molecule has 0 amide bonds. The third-order valence-corrected chi connectivity index (χ3v) is 3.97. The van der Waals surface area contributed by atoms with Crippen molar-refractivity contribution in [3.63, 3.8) is 0 Å². The summed E-state index contributed by atoms with van der Waals surface area (Å²) in [6.45, 7) is 4.15. The number of hydrogen-bond acceptors (Lipinski definition) is 4. The Morgan fingerprint density at radius 1 is 1.35 bits per heavy atom. The van der Waals surface area contributed by atoms with E-state index in [0.29, 0.717) is 0 Å². The summed E-state index contributed by atoms with van der Waals surface area (Å²) in [6.07, 6.45) is 3.51. The van der Waals surface area contributed by atoms with E-state index >= 15 is 0 Å². The van der Waals surface area contributed by atoms with Crippen LogP contribution < -0.4 is 5.73 Å². The van der Waals surface area contributed by atoms with Gasteiger partial charge in [-0.15, -0.1) is 11.3 Å². The zero-order valence-electron chi connectivity index (χ0n) is 9.61. The zero-order valence-corrected chi connectivity index (χ0v) is 10.4. The molecule has 0 aliphatic heterocycles. The molecule has 0 atom stereocenters. The average molecular weight is 244 g/mol. The van der Waals surface area contributed by atoms with Gasteiger partial charge in [-0.05, 0) is 25.5 Å². The molecule has 0 unspecified atom stereocenters. The number of fused-ring (bicyclic) bond motifs is 1. The molecule has 0 radical (unpaired) electrons. The van der Waals surface area contributed by atoms with Crippen LogP contribution >= 0.6 is 11.3 Å². The SMILES string of the molecule is Cc1sc(N)c(-c2nc3ccncc3[nH]2)c1C. The van der Waals surface area contributed by atoms with Gasteiger partial charge in [0.05, 0.1) is 27.8 Å². The molecular weight excluding hydrogens is 232 g/mol. The standard InChI is InChI=1S/C12H12N4S/c1-6-7(2)17-11(13)10(6)12-15-8-3-4-14-5-9(8)16-12/h3-5H,13H2,1-2H3,(H,15,16). The Labute approximate surface area is 103 Å². The van der Waals surface area contributed by atoms with Crippen LogP contribution in [-0.2, 0) is 0 Å². The van der Waals surface area contributed by atoms with E-state index in [4.69, 9.17) is 5.73 Å². The summed E-state index contributed by atoms with van der Waals surface area (Å²) in [5, 5.41) is 0.812. The van der Waals surface area contributed by atoms with Gasteiger partial charge in [0.15, 0.2) is 0 Å². The van der Waals surface area contributed by atoms with Gasteiger partial charge in [0.1, 0.15) is 5.82 Å². The smallest absolute Gasteiger partial charge is 0.141 e. The number of imidazole rings is 1. The Morgan fingerprint density at radius 3 is 2.82 bits per heavy atom. The second kappa shape index (κ2) is 3.56. The van der Waals surface area contributed by atoms with Crippen LogP contribution in [0.2, 0.25) is 0 Å². The molecule has 0 saturated heterocycles. The van der Waals surface area contributed by atoms with Crippen LogP contribution in [0.1, 0.15) is 10.4 Å². The Bertz CT molecular complexity index is 663. The van der Waals surface area contributed by atoms with E-state index in [1.54, 1.807) is 23.7 Å². The first-order valence-electron chi connectivity index (χ1n) is 5.32. The minimum absolute atomic E-state index is 0.812. The van der Waals surface area contributed by atoms with Gasteiger partial charge in [-0.25, -0.2) is 4.98 Å². The molecule has 3 rings (SSSR count). The van der Waals surface area contributed by atoms with Crippen LogP contribution in [0.3, 0.4) is 0 Å². The minimum Gasteiger partial charge on any atom is -0.390 e. The van der Waals surface area contributed by atoms with Gasteiger partial charge in [0, 0.05) is 11.1 Å². The fourth-order valence-corrected chi connectivity index (χ4v) is 2.86. The highest BCUT2D eigenvalue weighted by atomic mass is 32.1. The first-order valence-corrected chi connectivity index (χ1v) is 6.14. The van der Waals surface area contributed by atoms with Gasteiger partial charge in [-0.3, -0.25) is 4.98 Å². The average Bonchev–Trinajstić information content (AvgIpc) is 2.81. The highest BCUT2D eigenvalue weighted by Crippen LogP contribution is 2.37. The second-order valence-corrected chi connectivity index (χ2v) is 5.26. The molecule has 0 saturated carbocycles. The van der Waals surface area contributed by atoms with Crippen LogP contribution in [0.15, 0.2) is 18.5 Å². The first kappa shape index (κ1) is 10.3. The zero-order chi connectivity index (χ0) is 12.0. The molecule has 0 spiro atoms. The number of pyridine rings is 1. The number of aryl methyl sites for hydroxylation is 1. The third-order valence-electron chi connectivity index (χ3n) is 2.93. The number of hydrogen-bond donors (Lipinski definition) is 2. The van der Waals surface area contributed by atoms with Gasteiger partial charge in [-0.1, -0.05) is 0 Å². The van der Waals surface area contributed by atoms with E-state index in [9.17, 15) is 0 Å². The number of nitrogens with two attached hydrogens (primary N) is 1. The number of anilines is 1. The molecule has 4 nitrogen and oxygen atoms in total. The second-order valence-electron chi connectivity index (χ2n) is 4.00. The van der Waals surface area contributed by atoms with Crippen molar-refractivity contribution in [2.75, 3.05) is 5.73 Å². The predicted octanol–water partition coefficient (Wildman–Crippen LogP) is 2.89. The summed E-state index contributed by atoms with van der Waals surface area (Å²) in [5.74, 6) is 0.826. The Hall–Kier alpha value is -1.88. The number of rotatable bonds is 1. The molecule has 0 aromatic carbocycles. The predicted molar refractivity (Wildman–Crippen MR) is 71.1 cm³/mol. The van der Waals surface area contributed by atoms with Crippen molar-refractivity contribution in [1.82, 2.24) is 15.0 Å². The molecule has 3 aromatic heterocycles. The molecular formula is C12H12N4S. The Morgan fingerprint density at radius 2 is 2.18 bits per heavy atom. The van der Waals surface area contributed by atoms with Gasteiger partial charge >= 0.3 is 0 Å². The van der Waals surface area contributed by atoms with Crippen LogP contribution in [0, 0.1) is 13.8 Å². The number of nitrogens with one attached hydrogen (secondary N) is 1. The summed E-state index contributed by atoms with van der Waals surface area (Å²) < 4.78 is 0. The maximum Gasteiger partial charge on any atom is 0.141 e. The number of aromatic nitrogens is 3. The largest absolute Gasteiger partial charge is 0.390 e. The number of thiophene rings is 1. The van der Waals surface area contributed by atoms with Crippen molar-refractivity contribution in [2.24, 2.45) is 0 Å². The fraction of sp³-hybridized carbons (Fsp3) is 0.167. The number of H-pyrrole nitrogens is 1. The topological polar surface area (TPSA) is 67.6 Å². The van der Waals surface area contributed by atoms with Gasteiger partial charge < -0.3 is 10.7 Å². The van der Waals surface area contributed by atoms with Crippen molar-refractivity contribution >= 4 is 27.4 Å². The summed E-state index contributed by atoms with van der Waals surface area (Å²) in [4.78, 5) is 13.1. The molecule has 3 aromatic rings. The summed E-state index contributed by atoms with van der Waals surface area (Å²) in [6, 6.07) is 1.89. The normalized spacial score (nSPS) is 11.2. The molecule has 3 heterocycles. The third kappa shape index (κ3) is 1.51. The van der Waals surface area contributed by atoms with E-state index in [1.165, 1.54) is 10.4 Å². The number of nitrogen functional groups attached to an aromatic ring is 1. The number of nitrogens with zero attached hydrogens (tertiary/aromatic N) is 2. The molecule has 3 N–H and O–H groups in total. The highest BCUT2D eigenvalue weighted by Gasteiger charge is 2.15. The quantitative estimate of drug-likeness (QED) is 0.691. The van der Waals surface area contributed by atoms with Gasteiger partial charge in [0.25, 0.3) is 0 Å². The Balaban J connectivity index is 2.27.